The second kappa shape index (κ2) is 5.45. The predicted molar refractivity (Wildman–Crippen MR) is 70.9 cm³/mol. The lowest BCUT2D eigenvalue weighted by atomic mass is 10.3. The molecule has 0 unspecified atom stereocenters. The van der Waals surface area contributed by atoms with Crippen molar-refractivity contribution in [3.05, 3.63) is 45.1 Å². The molecule has 0 fully saturated rings. The quantitative estimate of drug-likeness (QED) is 0.891. The van der Waals surface area contributed by atoms with Gasteiger partial charge in [-0.3, -0.25) is 0 Å². The summed E-state index contributed by atoms with van der Waals surface area (Å²) in [5.41, 5.74) is 0.0113. The van der Waals surface area contributed by atoms with Gasteiger partial charge in [0.1, 0.15) is 5.75 Å². The van der Waals surface area contributed by atoms with Gasteiger partial charge < -0.3 is 9.84 Å². The van der Waals surface area contributed by atoms with Crippen LogP contribution in [-0.4, -0.2) is 21.0 Å². The molecule has 0 amide bonds. The number of hydrogen-bond donors (Lipinski definition) is 1. The molecule has 0 aliphatic rings. The third kappa shape index (κ3) is 3.05. The highest BCUT2D eigenvalue weighted by molar-refractivity contribution is 9.11. The van der Waals surface area contributed by atoms with E-state index in [4.69, 9.17) is 9.84 Å². The van der Waals surface area contributed by atoms with Crippen LogP contribution in [0.1, 0.15) is 10.4 Å². The molecule has 0 atom stereocenters. The van der Waals surface area contributed by atoms with Crippen LogP contribution in [0.25, 0.3) is 0 Å². The van der Waals surface area contributed by atoms with Gasteiger partial charge in [-0.2, -0.15) is 0 Å². The molecule has 0 saturated heterocycles. The Hall–Kier alpha value is -1.47. The third-order valence-corrected chi connectivity index (χ3v) is 3.08. The summed E-state index contributed by atoms with van der Waals surface area (Å²) in [6.07, 6.45) is 2.38. The molecule has 1 aromatic carbocycles. The van der Waals surface area contributed by atoms with Gasteiger partial charge in [0.2, 0.25) is 0 Å². The van der Waals surface area contributed by atoms with E-state index in [1.54, 1.807) is 6.07 Å². The lowest BCUT2D eigenvalue weighted by Gasteiger charge is -2.05. The molecule has 0 saturated carbocycles. The first-order valence-corrected chi connectivity index (χ1v) is 6.33. The van der Waals surface area contributed by atoms with E-state index in [2.05, 4.69) is 41.8 Å². The number of rotatable bonds is 3. The summed E-state index contributed by atoms with van der Waals surface area (Å²) in [6.45, 7) is 0. The highest BCUT2D eigenvalue weighted by Gasteiger charge is 2.08. The molecule has 92 valence electrons. The minimum absolute atomic E-state index is 0.0113. The van der Waals surface area contributed by atoms with Crippen LogP contribution >= 0.6 is 31.9 Å². The molecule has 1 N–H and O–H groups in total. The summed E-state index contributed by atoms with van der Waals surface area (Å²) >= 11 is 6.66. The van der Waals surface area contributed by atoms with Gasteiger partial charge in [-0.1, -0.05) is 15.9 Å². The van der Waals surface area contributed by atoms with Crippen LogP contribution in [0.2, 0.25) is 0 Å². The van der Waals surface area contributed by atoms with Crippen LogP contribution < -0.4 is 4.74 Å². The smallest absolute Gasteiger partial charge is 0.338 e. The third-order valence-electron chi connectivity index (χ3n) is 1.97. The molecular formula is C11H6Br2N2O3. The highest BCUT2D eigenvalue weighted by Crippen LogP contribution is 2.30. The van der Waals surface area contributed by atoms with Crippen molar-refractivity contribution in [2.45, 2.75) is 0 Å². The minimum atomic E-state index is -1.08. The monoisotopic (exact) mass is 372 g/mol. The zero-order valence-electron chi connectivity index (χ0n) is 8.80. The Morgan fingerprint density at radius 3 is 2.44 bits per heavy atom. The molecule has 1 heterocycles. The van der Waals surface area contributed by atoms with Gasteiger partial charge >= 0.3 is 12.0 Å². The van der Waals surface area contributed by atoms with Crippen LogP contribution in [0.4, 0.5) is 0 Å². The van der Waals surface area contributed by atoms with Crippen molar-refractivity contribution in [2.24, 2.45) is 0 Å². The van der Waals surface area contributed by atoms with E-state index in [1.165, 1.54) is 12.4 Å². The largest absolute Gasteiger partial charge is 0.478 e. The second-order valence-electron chi connectivity index (χ2n) is 3.24. The molecule has 2 aromatic rings. The van der Waals surface area contributed by atoms with E-state index in [0.717, 1.165) is 8.95 Å². The zero-order valence-corrected chi connectivity index (χ0v) is 12.0. The molecule has 1 aromatic heterocycles. The van der Waals surface area contributed by atoms with Crippen LogP contribution in [-0.2, 0) is 0 Å². The van der Waals surface area contributed by atoms with E-state index >= 15 is 0 Å². The normalized spacial score (nSPS) is 10.1. The van der Waals surface area contributed by atoms with Gasteiger partial charge in [0.15, 0.2) is 0 Å². The minimum Gasteiger partial charge on any atom is -0.478 e. The predicted octanol–water partition coefficient (Wildman–Crippen LogP) is 3.49. The molecule has 5 nitrogen and oxygen atoms in total. The number of aromatic carboxylic acids is 1. The number of carboxylic acids is 1. The van der Waals surface area contributed by atoms with E-state index in [9.17, 15) is 4.79 Å². The number of hydrogen-bond acceptors (Lipinski definition) is 4. The number of nitrogens with zero attached hydrogens (tertiary/aromatic N) is 2. The average Bonchev–Trinajstić information content (AvgIpc) is 2.33. The first kappa shape index (κ1) is 13.0. The first-order chi connectivity index (χ1) is 8.56. The Morgan fingerprint density at radius 1 is 1.22 bits per heavy atom. The van der Waals surface area contributed by atoms with Gasteiger partial charge in [-0.25, -0.2) is 14.8 Å². The molecule has 0 aliphatic carbocycles. The number of aromatic nitrogens is 2. The highest BCUT2D eigenvalue weighted by atomic mass is 79.9. The lowest BCUT2D eigenvalue weighted by Crippen LogP contribution is -2.00. The Labute approximate surface area is 119 Å². The Kier molecular flexibility index (Phi) is 3.93. The zero-order chi connectivity index (χ0) is 13.1. The van der Waals surface area contributed by atoms with Gasteiger partial charge in [-0.15, -0.1) is 0 Å². The van der Waals surface area contributed by atoms with Gasteiger partial charge in [0.25, 0.3) is 0 Å². The standard InChI is InChI=1S/C11H6Br2N2O3/c12-7-1-2-9(8(13)3-7)18-11-14-4-6(5-15-11)10(16)17/h1-5H,(H,16,17). The second-order valence-corrected chi connectivity index (χ2v) is 5.01. The van der Waals surface area contributed by atoms with Gasteiger partial charge in [0, 0.05) is 16.9 Å². The summed E-state index contributed by atoms with van der Waals surface area (Å²) in [7, 11) is 0. The van der Waals surface area contributed by atoms with E-state index in [-0.39, 0.29) is 11.6 Å². The molecule has 0 bridgehead atoms. The number of carbonyl (C=O) groups is 1. The number of halogens is 2. The fourth-order valence-corrected chi connectivity index (χ4v) is 2.26. The number of benzene rings is 1. The fraction of sp³-hybridized carbons (Fsp3) is 0. The Bertz CT molecular complexity index is 587. The number of carboxylic acid groups (broad SMARTS) is 1. The fourth-order valence-electron chi connectivity index (χ4n) is 1.14. The van der Waals surface area contributed by atoms with Crippen molar-refractivity contribution in [1.29, 1.82) is 0 Å². The van der Waals surface area contributed by atoms with Crippen LogP contribution in [0.5, 0.6) is 11.8 Å². The summed E-state index contributed by atoms with van der Waals surface area (Å²) in [6, 6.07) is 5.46. The summed E-state index contributed by atoms with van der Waals surface area (Å²) < 4.78 is 7.06. The molecule has 2 rings (SSSR count). The summed E-state index contributed by atoms with van der Waals surface area (Å²) in [4.78, 5) is 18.3. The van der Waals surface area contributed by atoms with E-state index in [0.29, 0.717) is 5.75 Å². The molecule has 0 aliphatic heterocycles. The van der Waals surface area contributed by atoms with E-state index < -0.39 is 5.97 Å². The van der Waals surface area contributed by atoms with Crippen molar-refractivity contribution in [1.82, 2.24) is 9.97 Å². The maximum Gasteiger partial charge on any atom is 0.338 e. The number of ether oxygens (including phenoxy) is 1. The topological polar surface area (TPSA) is 72.3 Å². The Morgan fingerprint density at radius 2 is 1.89 bits per heavy atom. The summed E-state index contributed by atoms with van der Waals surface area (Å²) in [5.74, 6) is -0.535. The van der Waals surface area contributed by atoms with Crippen LogP contribution in [0, 0.1) is 0 Å². The molecule has 7 heteroatoms. The van der Waals surface area contributed by atoms with Gasteiger partial charge in [0.05, 0.1) is 10.0 Å². The van der Waals surface area contributed by atoms with Crippen molar-refractivity contribution < 1.29 is 14.6 Å². The van der Waals surface area contributed by atoms with E-state index in [1.807, 2.05) is 12.1 Å². The molecular weight excluding hydrogens is 368 g/mol. The van der Waals surface area contributed by atoms with Crippen molar-refractivity contribution in [3.8, 4) is 11.8 Å². The molecule has 18 heavy (non-hydrogen) atoms. The maximum atomic E-state index is 10.6. The van der Waals surface area contributed by atoms with Gasteiger partial charge in [-0.05, 0) is 34.1 Å². The first-order valence-electron chi connectivity index (χ1n) is 4.74. The summed E-state index contributed by atoms with van der Waals surface area (Å²) in [5, 5.41) is 8.71. The van der Waals surface area contributed by atoms with Crippen LogP contribution in [0.15, 0.2) is 39.5 Å². The average molecular weight is 374 g/mol. The molecule has 0 spiro atoms. The molecule has 0 radical (unpaired) electrons. The SMILES string of the molecule is O=C(O)c1cnc(Oc2ccc(Br)cc2Br)nc1. The maximum absolute atomic E-state index is 10.6. The Balaban J connectivity index is 2.21. The van der Waals surface area contributed by atoms with Crippen LogP contribution in [0.3, 0.4) is 0 Å². The van der Waals surface area contributed by atoms with Crippen molar-refractivity contribution in [2.75, 3.05) is 0 Å². The lowest BCUT2D eigenvalue weighted by molar-refractivity contribution is 0.0696. The van der Waals surface area contributed by atoms with Crippen molar-refractivity contribution in [3.63, 3.8) is 0 Å². The van der Waals surface area contributed by atoms with Crippen molar-refractivity contribution >= 4 is 37.8 Å².